The van der Waals surface area contributed by atoms with Crippen molar-refractivity contribution in [3.05, 3.63) is 59.1 Å². The van der Waals surface area contributed by atoms with Crippen molar-refractivity contribution >= 4 is 23.8 Å². The Kier molecular flexibility index (Phi) is 8.91. The van der Waals surface area contributed by atoms with E-state index in [0.29, 0.717) is 45.2 Å². The molecule has 2 N–H and O–H groups in total. The summed E-state index contributed by atoms with van der Waals surface area (Å²) in [7, 11) is 2.99. The monoisotopic (exact) mass is 565 g/mol. The minimum absolute atomic E-state index is 0.201. The number of carbonyl (C=O) groups excluding carboxylic acids is 1. The van der Waals surface area contributed by atoms with Crippen molar-refractivity contribution in [3.63, 3.8) is 0 Å². The number of alkyl halides is 3. The van der Waals surface area contributed by atoms with Crippen molar-refractivity contribution in [2.24, 2.45) is 0 Å². The highest BCUT2D eigenvalue weighted by atomic mass is 35.5. The Bertz CT molecular complexity index is 1270. The van der Waals surface area contributed by atoms with Gasteiger partial charge >= 0.3 is 6.18 Å². The number of benzene rings is 2. The fraction of sp³-hybridized carbons (Fsp3) is 0.407. The maximum Gasteiger partial charge on any atom is 0.410 e. The van der Waals surface area contributed by atoms with E-state index in [1.54, 1.807) is 48.5 Å². The van der Waals surface area contributed by atoms with Crippen LogP contribution in [0, 0.1) is 0 Å². The van der Waals surface area contributed by atoms with Crippen LogP contribution in [0.3, 0.4) is 0 Å². The Hall–Kier alpha value is -3.44. The number of anilines is 1. The third kappa shape index (κ3) is 6.59. The van der Waals surface area contributed by atoms with E-state index in [1.165, 1.54) is 14.2 Å². The van der Waals surface area contributed by atoms with E-state index in [2.05, 4.69) is 15.7 Å². The number of rotatable bonds is 5. The van der Waals surface area contributed by atoms with Gasteiger partial charge in [-0.3, -0.25) is 4.79 Å². The first-order valence-corrected chi connectivity index (χ1v) is 12.8. The molecule has 3 atom stereocenters. The highest BCUT2D eigenvalue weighted by molar-refractivity contribution is 6.30. The molecule has 0 saturated carbocycles. The standard InChI is InChI=1S/C21H19ClF3N3O2.C6H12N2O/c1-29-17-8-5-13(9-18(17)30-2)15-10-19(21(23,24)25)28-20(26-15)11-16(27-28)12-3-6-14(22)7-4-12;1-6-4-7-2-3-8(6)5-9/h3-9,11,15,19,26H,10H2,1-2H3;5-7H,2-4H2,1H3/t;6-/m.1/s1. The van der Waals surface area contributed by atoms with Gasteiger partial charge < -0.3 is 25.0 Å². The average Bonchev–Trinajstić information content (AvgIpc) is 3.36. The van der Waals surface area contributed by atoms with Crippen molar-refractivity contribution in [1.29, 1.82) is 0 Å². The summed E-state index contributed by atoms with van der Waals surface area (Å²) in [5.41, 5.74) is 1.80. The number of halogens is 4. The van der Waals surface area contributed by atoms with Crippen molar-refractivity contribution in [3.8, 4) is 22.8 Å². The number of carbonyl (C=O) groups is 1. The zero-order chi connectivity index (χ0) is 28.2. The lowest BCUT2D eigenvalue weighted by Gasteiger charge is -2.33. The number of ether oxygens (including phenoxy) is 2. The van der Waals surface area contributed by atoms with Crippen LogP contribution in [0.5, 0.6) is 11.5 Å². The van der Waals surface area contributed by atoms with E-state index < -0.39 is 18.3 Å². The summed E-state index contributed by atoms with van der Waals surface area (Å²) < 4.78 is 53.2. The Morgan fingerprint density at radius 1 is 1.08 bits per heavy atom. The van der Waals surface area contributed by atoms with Gasteiger partial charge in [0.05, 0.1) is 26.0 Å². The van der Waals surface area contributed by atoms with E-state index in [4.69, 9.17) is 21.1 Å². The van der Waals surface area contributed by atoms with Crippen LogP contribution in [-0.2, 0) is 4.79 Å². The highest BCUT2D eigenvalue weighted by Gasteiger charge is 2.46. The van der Waals surface area contributed by atoms with E-state index in [1.807, 2.05) is 11.8 Å². The van der Waals surface area contributed by atoms with Crippen molar-refractivity contribution in [1.82, 2.24) is 20.0 Å². The Morgan fingerprint density at radius 2 is 1.79 bits per heavy atom. The molecule has 3 aromatic rings. The van der Waals surface area contributed by atoms with Crippen LogP contribution < -0.4 is 20.1 Å². The van der Waals surface area contributed by atoms with Gasteiger partial charge in [-0.1, -0.05) is 29.8 Å². The molecule has 2 aliphatic heterocycles. The van der Waals surface area contributed by atoms with Crippen LogP contribution in [-0.4, -0.2) is 67.2 Å². The second kappa shape index (κ2) is 12.2. The largest absolute Gasteiger partial charge is 0.493 e. The van der Waals surface area contributed by atoms with Gasteiger partial charge in [0.2, 0.25) is 6.41 Å². The summed E-state index contributed by atoms with van der Waals surface area (Å²) in [6.07, 6.45) is -3.73. The molecule has 1 saturated heterocycles. The molecular formula is C27H31ClF3N5O3. The second-order valence-corrected chi connectivity index (χ2v) is 9.80. The summed E-state index contributed by atoms with van der Waals surface area (Å²) >= 11 is 5.91. The predicted molar refractivity (Wildman–Crippen MR) is 143 cm³/mol. The van der Waals surface area contributed by atoms with Gasteiger partial charge in [0.25, 0.3) is 0 Å². The van der Waals surface area contributed by atoms with Gasteiger partial charge in [-0.15, -0.1) is 0 Å². The molecule has 2 aromatic carbocycles. The fourth-order valence-corrected chi connectivity index (χ4v) is 4.76. The summed E-state index contributed by atoms with van der Waals surface area (Å²) in [4.78, 5) is 12.1. The van der Waals surface area contributed by atoms with Crippen LogP contribution in [0.2, 0.25) is 5.02 Å². The molecule has 0 radical (unpaired) electrons. The van der Waals surface area contributed by atoms with Crippen LogP contribution in [0.1, 0.15) is 31.0 Å². The number of piperazine rings is 1. The number of fused-ring (bicyclic) bond motifs is 1. The molecule has 8 nitrogen and oxygen atoms in total. The predicted octanol–water partition coefficient (Wildman–Crippen LogP) is 5.32. The molecule has 3 heterocycles. The average molecular weight is 566 g/mol. The third-order valence-electron chi connectivity index (χ3n) is 6.83. The molecule has 12 heteroatoms. The first-order chi connectivity index (χ1) is 18.6. The molecule has 1 fully saturated rings. The molecule has 2 aliphatic rings. The topological polar surface area (TPSA) is 80.7 Å². The number of hydrogen-bond acceptors (Lipinski definition) is 6. The molecule has 210 valence electrons. The molecule has 0 aliphatic carbocycles. The van der Waals surface area contributed by atoms with Gasteiger partial charge in [-0.2, -0.15) is 18.3 Å². The minimum atomic E-state index is -4.45. The van der Waals surface area contributed by atoms with Crippen LogP contribution in [0.25, 0.3) is 11.3 Å². The second-order valence-electron chi connectivity index (χ2n) is 9.37. The molecule has 2 unspecified atom stereocenters. The van der Waals surface area contributed by atoms with E-state index >= 15 is 0 Å². The quantitative estimate of drug-likeness (QED) is 0.408. The normalized spacial score (nSPS) is 20.7. The van der Waals surface area contributed by atoms with E-state index in [-0.39, 0.29) is 6.42 Å². The number of methoxy groups -OCH3 is 2. The Labute approximate surface area is 230 Å². The lowest BCUT2D eigenvalue weighted by atomic mass is 9.96. The van der Waals surface area contributed by atoms with Crippen molar-refractivity contribution in [2.75, 3.05) is 39.2 Å². The van der Waals surface area contributed by atoms with Gasteiger partial charge in [0, 0.05) is 48.7 Å². The number of hydrogen-bond donors (Lipinski definition) is 2. The van der Waals surface area contributed by atoms with Crippen LogP contribution in [0.4, 0.5) is 19.0 Å². The lowest BCUT2D eigenvalue weighted by Crippen LogP contribution is -2.48. The van der Waals surface area contributed by atoms with Crippen LogP contribution >= 0.6 is 11.6 Å². The first-order valence-electron chi connectivity index (χ1n) is 12.5. The number of aromatic nitrogens is 2. The van der Waals surface area contributed by atoms with E-state index in [9.17, 15) is 18.0 Å². The summed E-state index contributed by atoms with van der Waals surface area (Å²) in [5.74, 6) is 1.27. The maximum absolute atomic E-state index is 13.9. The number of nitrogens with zero attached hydrogens (tertiary/aromatic N) is 3. The van der Waals surface area contributed by atoms with Gasteiger partial charge in [0.1, 0.15) is 5.82 Å². The summed E-state index contributed by atoms with van der Waals surface area (Å²) in [6, 6.07) is 11.6. The molecular weight excluding hydrogens is 535 g/mol. The Balaban J connectivity index is 0.000000333. The summed E-state index contributed by atoms with van der Waals surface area (Å²) in [5, 5.41) is 11.2. The molecule has 39 heavy (non-hydrogen) atoms. The Morgan fingerprint density at radius 3 is 2.38 bits per heavy atom. The van der Waals surface area contributed by atoms with Crippen molar-refractivity contribution in [2.45, 2.75) is 37.6 Å². The third-order valence-corrected chi connectivity index (χ3v) is 7.08. The molecule has 1 aromatic heterocycles. The summed E-state index contributed by atoms with van der Waals surface area (Å²) in [6.45, 7) is 4.76. The smallest absolute Gasteiger partial charge is 0.410 e. The van der Waals surface area contributed by atoms with Gasteiger partial charge in [-0.25, -0.2) is 4.68 Å². The zero-order valence-corrected chi connectivity index (χ0v) is 22.6. The lowest BCUT2D eigenvalue weighted by molar-refractivity contribution is -0.173. The number of amides is 1. The SMILES string of the molecule is COc1ccc(C2CC(C(F)(F)F)n3nc(-c4ccc(Cl)cc4)cc3N2)cc1OC.C[C@@H]1CNCCN1C=O. The highest BCUT2D eigenvalue weighted by Crippen LogP contribution is 2.45. The molecule has 0 bridgehead atoms. The molecule has 5 rings (SSSR count). The van der Waals surface area contributed by atoms with Crippen molar-refractivity contribution < 1.29 is 27.4 Å². The molecule has 0 spiro atoms. The van der Waals surface area contributed by atoms with Gasteiger partial charge in [-0.05, 0) is 36.8 Å². The van der Waals surface area contributed by atoms with Gasteiger partial charge in [0.15, 0.2) is 17.5 Å². The van der Waals surface area contributed by atoms with Crippen LogP contribution in [0.15, 0.2) is 48.5 Å². The first kappa shape index (κ1) is 28.6. The molecule has 1 amide bonds. The van der Waals surface area contributed by atoms with E-state index in [0.717, 1.165) is 30.7 Å². The zero-order valence-electron chi connectivity index (χ0n) is 21.8. The fourth-order valence-electron chi connectivity index (χ4n) is 4.64. The number of nitrogens with one attached hydrogen (secondary N) is 2. The maximum atomic E-state index is 13.9. The minimum Gasteiger partial charge on any atom is -0.493 e.